The fourth-order valence-corrected chi connectivity index (χ4v) is 1.54. The molecule has 6 heteroatoms. The molecule has 0 heterocycles. The number of hydrogen-bond acceptors (Lipinski definition) is 3. The van der Waals surface area contributed by atoms with E-state index in [1.807, 2.05) is 6.92 Å². The first-order valence-electron chi connectivity index (χ1n) is 5.13. The third-order valence-corrected chi connectivity index (χ3v) is 2.25. The van der Waals surface area contributed by atoms with Gasteiger partial charge in [-0.05, 0) is 13.3 Å². The second-order valence-electron chi connectivity index (χ2n) is 3.47. The van der Waals surface area contributed by atoms with Crippen LogP contribution >= 0.6 is 11.6 Å². The number of nitrogens with zero attached hydrogens (tertiary/aromatic N) is 2. The third kappa shape index (κ3) is 5.70. The first-order valence-corrected chi connectivity index (χ1v) is 5.57. The molecule has 0 spiro atoms. The van der Waals surface area contributed by atoms with Crippen LogP contribution in [0.1, 0.15) is 33.6 Å². The number of carbonyl (C=O) groups excluding carboxylic acids is 2. The maximum atomic E-state index is 11.3. The van der Waals surface area contributed by atoms with Crippen molar-refractivity contribution in [2.45, 2.75) is 39.1 Å². The van der Waals surface area contributed by atoms with E-state index in [2.05, 4.69) is 4.99 Å². The summed E-state index contributed by atoms with van der Waals surface area (Å²) >= 11 is 5.92. The lowest BCUT2D eigenvalue weighted by atomic mass is 10.3. The SMILES string of the molecule is CCCC(Cl)N=C(C)N(CC(N)=O)C(C)=O. The minimum absolute atomic E-state index is 0.166. The van der Waals surface area contributed by atoms with Crippen molar-refractivity contribution >= 4 is 29.3 Å². The molecule has 0 aliphatic carbocycles. The minimum Gasteiger partial charge on any atom is -0.368 e. The van der Waals surface area contributed by atoms with Gasteiger partial charge in [-0.3, -0.25) is 19.5 Å². The smallest absolute Gasteiger partial charge is 0.237 e. The van der Waals surface area contributed by atoms with Crippen LogP contribution in [0.2, 0.25) is 0 Å². The molecule has 1 unspecified atom stereocenters. The molecule has 0 aliphatic rings. The summed E-state index contributed by atoms with van der Waals surface area (Å²) in [7, 11) is 0. The number of amides is 2. The van der Waals surface area contributed by atoms with Gasteiger partial charge >= 0.3 is 0 Å². The lowest BCUT2D eigenvalue weighted by molar-refractivity contribution is -0.129. The van der Waals surface area contributed by atoms with Gasteiger partial charge in [0.05, 0.1) is 0 Å². The normalized spacial score (nSPS) is 13.4. The Hall–Kier alpha value is -1.10. The minimum atomic E-state index is -0.577. The second kappa shape index (κ2) is 7.22. The van der Waals surface area contributed by atoms with Gasteiger partial charge in [0.1, 0.15) is 17.9 Å². The summed E-state index contributed by atoms with van der Waals surface area (Å²) in [5.74, 6) is -0.438. The van der Waals surface area contributed by atoms with Crippen LogP contribution in [0.25, 0.3) is 0 Å². The Kier molecular flexibility index (Phi) is 6.72. The van der Waals surface area contributed by atoms with E-state index in [0.29, 0.717) is 5.84 Å². The predicted molar refractivity (Wildman–Crippen MR) is 64.2 cm³/mol. The van der Waals surface area contributed by atoms with Gasteiger partial charge in [-0.1, -0.05) is 24.9 Å². The van der Waals surface area contributed by atoms with E-state index in [1.165, 1.54) is 11.8 Å². The van der Waals surface area contributed by atoms with Crippen LogP contribution in [-0.2, 0) is 9.59 Å². The summed E-state index contributed by atoms with van der Waals surface area (Å²) in [5, 5.41) is 0. The van der Waals surface area contributed by atoms with Crippen molar-refractivity contribution in [2.24, 2.45) is 10.7 Å². The highest BCUT2D eigenvalue weighted by Gasteiger charge is 2.15. The largest absolute Gasteiger partial charge is 0.368 e. The van der Waals surface area contributed by atoms with Gasteiger partial charge in [-0.15, -0.1) is 0 Å². The summed E-state index contributed by atoms with van der Waals surface area (Å²) in [6, 6.07) is 0. The van der Waals surface area contributed by atoms with Gasteiger partial charge in [0.15, 0.2) is 0 Å². The van der Waals surface area contributed by atoms with Crippen molar-refractivity contribution < 1.29 is 9.59 Å². The molecule has 5 nitrogen and oxygen atoms in total. The summed E-state index contributed by atoms with van der Waals surface area (Å²) in [6.07, 6.45) is 1.63. The first kappa shape index (κ1) is 14.9. The van der Waals surface area contributed by atoms with E-state index < -0.39 is 5.91 Å². The molecule has 0 aromatic heterocycles. The molecule has 16 heavy (non-hydrogen) atoms. The Labute approximate surface area is 101 Å². The van der Waals surface area contributed by atoms with Crippen molar-refractivity contribution in [3.05, 3.63) is 0 Å². The Morgan fingerprint density at radius 3 is 2.38 bits per heavy atom. The molecule has 0 radical (unpaired) electrons. The number of nitrogens with two attached hydrogens (primary N) is 1. The first-order chi connectivity index (χ1) is 7.38. The molecule has 0 saturated heterocycles. The maximum absolute atomic E-state index is 11.3. The Morgan fingerprint density at radius 2 is 2.00 bits per heavy atom. The average Bonchev–Trinajstić information content (AvgIpc) is 2.13. The van der Waals surface area contributed by atoms with Gasteiger partial charge in [-0.2, -0.15) is 0 Å². The maximum Gasteiger partial charge on any atom is 0.237 e. The van der Waals surface area contributed by atoms with Crippen molar-refractivity contribution in [3.8, 4) is 0 Å². The Morgan fingerprint density at radius 1 is 1.44 bits per heavy atom. The number of alkyl halides is 1. The van der Waals surface area contributed by atoms with Gasteiger partial charge < -0.3 is 5.73 Å². The van der Waals surface area contributed by atoms with Crippen molar-refractivity contribution in [2.75, 3.05) is 6.54 Å². The fourth-order valence-electron chi connectivity index (χ4n) is 1.18. The molecular formula is C10H18ClN3O2. The zero-order valence-electron chi connectivity index (χ0n) is 9.86. The number of rotatable bonds is 5. The Bertz CT molecular complexity index is 292. The molecule has 2 amide bonds. The van der Waals surface area contributed by atoms with Gasteiger partial charge in [0.25, 0.3) is 0 Å². The summed E-state index contributed by atoms with van der Waals surface area (Å²) in [5.41, 5.74) is 4.66. The van der Waals surface area contributed by atoms with Crippen LogP contribution < -0.4 is 5.73 Å². The molecule has 0 aromatic rings. The standard InChI is InChI=1S/C10H18ClN3O2/c1-4-5-9(11)13-7(2)14(8(3)15)6-10(12)16/h9H,4-6H2,1-3H3,(H2,12,16). The van der Waals surface area contributed by atoms with Gasteiger partial charge in [0.2, 0.25) is 11.8 Å². The fraction of sp³-hybridized carbons (Fsp3) is 0.700. The van der Waals surface area contributed by atoms with E-state index in [0.717, 1.165) is 12.8 Å². The van der Waals surface area contributed by atoms with Crippen molar-refractivity contribution in [3.63, 3.8) is 0 Å². The number of amidine groups is 1. The highest BCUT2D eigenvalue weighted by molar-refractivity contribution is 6.21. The summed E-state index contributed by atoms with van der Waals surface area (Å²) < 4.78 is 0. The van der Waals surface area contributed by atoms with Crippen LogP contribution in [0.4, 0.5) is 0 Å². The number of carbonyl (C=O) groups is 2. The molecule has 0 aromatic carbocycles. The van der Waals surface area contributed by atoms with Gasteiger partial charge in [-0.25, -0.2) is 0 Å². The summed E-state index contributed by atoms with van der Waals surface area (Å²) in [4.78, 5) is 27.4. The van der Waals surface area contributed by atoms with E-state index >= 15 is 0 Å². The Balaban J connectivity index is 4.65. The van der Waals surface area contributed by atoms with E-state index in [1.54, 1.807) is 6.92 Å². The number of halogens is 1. The van der Waals surface area contributed by atoms with Crippen LogP contribution in [0.15, 0.2) is 4.99 Å². The molecule has 0 fully saturated rings. The average molecular weight is 248 g/mol. The van der Waals surface area contributed by atoms with Crippen LogP contribution in [0.3, 0.4) is 0 Å². The van der Waals surface area contributed by atoms with Crippen molar-refractivity contribution in [1.82, 2.24) is 4.90 Å². The molecule has 0 saturated carbocycles. The topological polar surface area (TPSA) is 75.8 Å². The zero-order chi connectivity index (χ0) is 12.7. The molecule has 0 bridgehead atoms. The highest BCUT2D eigenvalue weighted by atomic mass is 35.5. The molecule has 0 aliphatic heterocycles. The molecule has 1 atom stereocenters. The van der Waals surface area contributed by atoms with Gasteiger partial charge in [0, 0.05) is 6.92 Å². The highest BCUT2D eigenvalue weighted by Crippen LogP contribution is 2.08. The summed E-state index contributed by atoms with van der Waals surface area (Å²) in [6.45, 7) is 4.81. The van der Waals surface area contributed by atoms with Crippen LogP contribution in [0, 0.1) is 0 Å². The van der Waals surface area contributed by atoms with E-state index in [-0.39, 0.29) is 18.0 Å². The molecule has 0 rings (SSSR count). The third-order valence-electron chi connectivity index (χ3n) is 1.94. The lowest BCUT2D eigenvalue weighted by Gasteiger charge is -2.19. The second-order valence-corrected chi connectivity index (χ2v) is 3.97. The van der Waals surface area contributed by atoms with Crippen LogP contribution in [0.5, 0.6) is 0 Å². The quantitative estimate of drug-likeness (QED) is 0.342. The monoisotopic (exact) mass is 247 g/mol. The van der Waals surface area contributed by atoms with Crippen molar-refractivity contribution in [1.29, 1.82) is 0 Å². The van der Waals surface area contributed by atoms with E-state index in [9.17, 15) is 9.59 Å². The zero-order valence-corrected chi connectivity index (χ0v) is 10.6. The van der Waals surface area contributed by atoms with Crippen LogP contribution in [-0.4, -0.2) is 34.6 Å². The lowest BCUT2D eigenvalue weighted by Crippen LogP contribution is -2.40. The molecule has 2 N–H and O–H groups in total. The number of hydrogen-bond donors (Lipinski definition) is 1. The number of aliphatic imine (C=N–C) groups is 1. The predicted octanol–water partition coefficient (Wildman–Crippen LogP) is 1.10. The number of primary amides is 1. The molecule has 92 valence electrons. The van der Waals surface area contributed by atoms with E-state index in [4.69, 9.17) is 17.3 Å². The molecular weight excluding hydrogens is 230 g/mol.